The van der Waals surface area contributed by atoms with Gasteiger partial charge in [-0.25, -0.2) is 0 Å². The van der Waals surface area contributed by atoms with Crippen LogP contribution in [0.2, 0.25) is 0 Å². The Bertz CT molecular complexity index is 258. The summed E-state index contributed by atoms with van der Waals surface area (Å²) in [5, 5.41) is 3.06. The Kier molecular flexibility index (Phi) is 2.81. The molecule has 0 aliphatic rings. The van der Waals surface area contributed by atoms with Gasteiger partial charge in [0.1, 0.15) is 11.4 Å². The lowest BCUT2D eigenvalue weighted by molar-refractivity contribution is 0.131. The van der Waals surface area contributed by atoms with Crippen molar-refractivity contribution in [3.05, 3.63) is 24.3 Å². The van der Waals surface area contributed by atoms with Gasteiger partial charge in [0.15, 0.2) is 0 Å². The lowest BCUT2D eigenvalue weighted by Crippen LogP contribution is -2.22. The molecule has 0 heterocycles. The van der Waals surface area contributed by atoms with Gasteiger partial charge in [-0.2, -0.15) is 0 Å². The van der Waals surface area contributed by atoms with E-state index in [1.165, 1.54) is 0 Å². The molecule has 0 radical (unpaired) electrons. The molecular weight excluding hydrogens is 162 g/mol. The molecule has 1 aromatic carbocycles. The topological polar surface area (TPSA) is 21.3 Å². The van der Waals surface area contributed by atoms with E-state index in [-0.39, 0.29) is 5.60 Å². The second kappa shape index (κ2) is 3.69. The zero-order chi connectivity index (χ0) is 9.90. The molecule has 0 unspecified atom stereocenters. The highest BCUT2D eigenvalue weighted by Crippen LogP contribution is 2.19. The first kappa shape index (κ1) is 9.90. The number of benzene rings is 1. The first-order chi connectivity index (χ1) is 6.01. The molecule has 1 N–H and O–H groups in total. The minimum Gasteiger partial charge on any atom is -0.488 e. The van der Waals surface area contributed by atoms with Gasteiger partial charge in [-0.15, -0.1) is 0 Å². The molecule has 0 aliphatic carbocycles. The lowest BCUT2D eigenvalue weighted by Gasteiger charge is -2.21. The van der Waals surface area contributed by atoms with Crippen molar-refractivity contribution in [2.75, 3.05) is 12.4 Å². The van der Waals surface area contributed by atoms with Crippen LogP contribution < -0.4 is 10.1 Å². The third kappa shape index (κ3) is 3.36. The van der Waals surface area contributed by atoms with Crippen molar-refractivity contribution < 1.29 is 4.74 Å². The molecule has 2 nitrogen and oxygen atoms in total. The molecule has 1 rings (SSSR count). The molecule has 2 heteroatoms. The van der Waals surface area contributed by atoms with Gasteiger partial charge in [-0.3, -0.25) is 0 Å². The maximum absolute atomic E-state index is 5.67. The Morgan fingerprint density at radius 2 is 1.62 bits per heavy atom. The molecule has 72 valence electrons. The summed E-state index contributed by atoms with van der Waals surface area (Å²) in [6, 6.07) is 7.94. The third-order valence-corrected chi connectivity index (χ3v) is 1.57. The Morgan fingerprint density at radius 1 is 1.08 bits per heavy atom. The predicted molar refractivity (Wildman–Crippen MR) is 56.4 cm³/mol. The first-order valence-corrected chi connectivity index (χ1v) is 4.48. The number of rotatable bonds is 2. The van der Waals surface area contributed by atoms with E-state index in [2.05, 4.69) is 5.32 Å². The highest BCUT2D eigenvalue weighted by molar-refractivity contribution is 5.45. The van der Waals surface area contributed by atoms with Crippen molar-refractivity contribution in [3.63, 3.8) is 0 Å². The van der Waals surface area contributed by atoms with E-state index in [1.807, 2.05) is 52.1 Å². The van der Waals surface area contributed by atoms with Gasteiger partial charge < -0.3 is 10.1 Å². The molecule has 0 saturated heterocycles. The Hall–Kier alpha value is -1.18. The first-order valence-electron chi connectivity index (χ1n) is 4.48. The maximum Gasteiger partial charge on any atom is 0.120 e. The molecule has 1 aromatic rings. The summed E-state index contributed by atoms with van der Waals surface area (Å²) in [4.78, 5) is 0. The standard InChI is InChI=1S/C11H17NO/c1-11(2,3)13-10-7-5-9(12-4)6-8-10/h5-8,12H,1-4H3. The zero-order valence-electron chi connectivity index (χ0n) is 8.72. The lowest BCUT2D eigenvalue weighted by atomic mass is 10.2. The van der Waals surface area contributed by atoms with E-state index in [4.69, 9.17) is 4.74 Å². The van der Waals surface area contributed by atoms with E-state index in [1.54, 1.807) is 0 Å². The average Bonchev–Trinajstić information content (AvgIpc) is 2.03. The van der Waals surface area contributed by atoms with Crippen LogP contribution in [0.1, 0.15) is 20.8 Å². The van der Waals surface area contributed by atoms with E-state index in [9.17, 15) is 0 Å². The summed E-state index contributed by atoms with van der Waals surface area (Å²) in [7, 11) is 1.90. The van der Waals surface area contributed by atoms with Crippen LogP contribution in [0.5, 0.6) is 5.75 Å². The second-order valence-corrected chi connectivity index (χ2v) is 3.99. The summed E-state index contributed by atoms with van der Waals surface area (Å²) < 4.78 is 5.67. The van der Waals surface area contributed by atoms with Gasteiger partial charge in [0, 0.05) is 12.7 Å². The molecule has 0 aliphatic heterocycles. The van der Waals surface area contributed by atoms with E-state index in [0.717, 1.165) is 11.4 Å². The minimum atomic E-state index is -0.124. The predicted octanol–water partition coefficient (Wildman–Crippen LogP) is 2.91. The molecule has 0 fully saturated rings. The number of anilines is 1. The molecule has 0 atom stereocenters. The van der Waals surface area contributed by atoms with Gasteiger partial charge >= 0.3 is 0 Å². The van der Waals surface area contributed by atoms with Crippen LogP contribution in [0, 0.1) is 0 Å². The second-order valence-electron chi connectivity index (χ2n) is 3.99. The molecule has 0 saturated carbocycles. The zero-order valence-corrected chi connectivity index (χ0v) is 8.72. The van der Waals surface area contributed by atoms with E-state index in [0.29, 0.717) is 0 Å². The van der Waals surface area contributed by atoms with Gasteiger partial charge in [0.2, 0.25) is 0 Å². The molecule has 13 heavy (non-hydrogen) atoms. The monoisotopic (exact) mass is 179 g/mol. The highest BCUT2D eigenvalue weighted by Gasteiger charge is 2.10. The van der Waals surface area contributed by atoms with Gasteiger partial charge in [0.25, 0.3) is 0 Å². The smallest absolute Gasteiger partial charge is 0.120 e. The van der Waals surface area contributed by atoms with Crippen LogP contribution in [0.3, 0.4) is 0 Å². The number of nitrogens with one attached hydrogen (secondary N) is 1. The van der Waals surface area contributed by atoms with Crippen LogP contribution in [0.15, 0.2) is 24.3 Å². The van der Waals surface area contributed by atoms with Crippen molar-refractivity contribution in [3.8, 4) is 5.75 Å². The summed E-state index contributed by atoms with van der Waals surface area (Å²) in [5.41, 5.74) is 0.975. The highest BCUT2D eigenvalue weighted by atomic mass is 16.5. The van der Waals surface area contributed by atoms with Crippen LogP contribution in [-0.2, 0) is 0 Å². The largest absolute Gasteiger partial charge is 0.488 e. The molecule has 0 spiro atoms. The molecule has 0 amide bonds. The third-order valence-electron chi connectivity index (χ3n) is 1.57. The van der Waals surface area contributed by atoms with Crippen molar-refractivity contribution in [1.29, 1.82) is 0 Å². The van der Waals surface area contributed by atoms with Crippen LogP contribution in [0.25, 0.3) is 0 Å². The minimum absolute atomic E-state index is 0.124. The van der Waals surface area contributed by atoms with Crippen molar-refractivity contribution in [2.45, 2.75) is 26.4 Å². The van der Waals surface area contributed by atoms with Gasteiger partial charge in [-0.1, -0.05) is 0 Å². The van der Waals surface area contributed by atoms with Gasteiger partial charge in [-0.05, 0) is 45.0 Å². The fraction of sp³-hybridized carbons (Fsp3) is 0.455. The van der Waals surface area contributed by atoms with Crippen molar-refractivity contribution in [1.82, 2.24) is 0 Å². The maximum atomic E-state index is 5.67. The summed E-state index contributed by atoms with van der Waals surface area (Å²) in [5.74, 6) is 0.909. The van der Waals surface area contributed by atoms with Crippen LogP contribution >= 0.6 is 0 Å². The Balaban J connectivity index is 2.70. The van der Waals surface area contributed by atoms with Crippen LogP contribution in [0.4, 0.5) is 5.69 Å². The SMILES string of the molecule is CNc1ccc(OC(C)(C)C)cc1. The number of hydrogen-bond donors (Lipinski definition) is 1. The number of ether oxygens (including phenoxy) is 1. The summed E-state index contributed by atoms with van der Waals surface area (Å²) >= 11 is 0. The molecular formula is C11H17NO. The average molecular weight is 179 g/mol. The van der Waals surface area contributed by atoms with Crippen molar-refractivity contribution in [2.24, 2.45) is 0 Å². The summed E-state index contributed by atoms with van der Waals surface area (Å²) in [6.07, 6.45) is 0. The fourth-order valence-electron chi connectivity index (χ4n) is 1.04. The Labute approximate surface area is 79.9 Å². The summed E-state index contributed by atoms with van der Waals surface area (Å²) in [6.45, 7) is 6.12. The van der Waals surface area contributed by atoms with E-state index < -0.39 is 0 Å². The Morgan fingerprint density at radius 3 is 2.00 bits per heavy atom. The fourth-order valence-corrected chi connectivity index (χ4v) is 1.04. The quantitative estimate of drug-likeness (QED) is 0.753. The van der Waals surface area contributed by atoms with E-state index >= 15 is 0 Å². The normalized spacial score (nSPS) is 11.1. The number of hydrogen-bond acceptors (Lipinski definition) is 2. The molecule has 0 aromatic heterocycles. The van der Waals surface area contributed by atoms with Crippen LogP contribution in [-0.4, -0.2) is 12.6 Å². The van der Waals surface area contributed by atoms with Gasteiger partial charge in [0.05, 0.1) is 0 Å². The molecule has 0 bridgehead atoms. The van der Waals surface area contributed by atoms with Crippen molar-refractivity contribution >= 4 is 5.69 Å².